The van der Waals surface area contributed by atoms with Crippen molar-refractivity contribution in [3.63, 3.8) is 0 Å². The number of aliphatic carboxylic acids is 1. The SMILES string of the molecule is COc1ccc(C2(C(=O)O)CCC2)cc1.COc1ccc(CC#CN)cc1. The molecule has 2 aromatic rings. The number of hydrogen-bond acceptors (Lipinski definition) is 4. The van der Waals surface area contributed by atoms with Crippen LogP contribution in [-0.2, 0) is 16.6 Å². The maximum atomic E-state index is 11.2. The van der Waals surface area contributed by atoms with Crippen LogP contribution in [0.5, 0.6) is 11.5 Å². The van der Waals surface area contributed by atoms with E-state index in [0.717, 1.165) is 41.9 Å². The number of carboxylic acid groups (broad SMARTS) is 1. The Morgan fingerprint density at radius 2 is 1.56 bits per heavy atom. The van der Waals surface area contributed by atoms with Gasteiger partial charge in [0, 0.05) is 12.5 Å². The first-order valence-corrected chi connectivity index (χ1v) is 8.75. The van der Waals surface area contributed by atoms with E-state index in [4.69, 9.17) is 15.2 Å². The molecule has 1 fully saturated rings. The van der Waals surface area contributed by atoms with Crippen molar-refractivity contribution in [1.29, 1.82) is 0 Å². The van der Waals surface area contributed by atoms with Crippen molar-refractivity contribution in [2.45, 2.75) is 31.1 Å². The number of carboxylic acids is 1. The first-order valence-electron chi connectivity index (χ1n) is 8.75. The van der Waals surface area contributed by atoms with Gasteiger partial charge < -0.3 is 20.3 Å². The van der Waals surface area contributed by atoms with Gasteiger partial charge in [-0.15, -0.1) is 0 Å². The summed E-state index contributed by atoms with van der Waals surface area (Å²) in [6.45, 7) is 0. The largest absolute Gasteiger partial charge is 0.497 e. The van der Waals surface area contributed by atoms with Gasteiger partial charge in [-0.2, -0.15) is 0 Å². The van der Waals surface area contributed by atoms with Crippen molar-refractivity contribution in [3.8, 4) is 23.5 Å². The van der Waals surface area contributed by atoms with Crippen LogP contribution in [-0.4, -0.2) is 25.3 Å². The monoisotopic (exact) mass is 367 g/mol. The van der Waals surface area contributed by atoms with Crippen LogP contribution >= 0.6 is 0 Å². The lowest BCUT2D eigenvalue weighted by molar-refractivity contribution is -0.147. The summed E-state index contributed by atoms with van der Waals surface area (Å²) in [7, 11) is 3.25. The van der Waals surface area contributed by atoms with Gasteiger partial charge >= 0.3 is 5.97 Å². The summed E-state index contributed by atoms with van der Waals surface area (Å²) in [5.41, 5.74) is 6.45. The zero-order valence-electron chi connectivity index (χ0n) is 15.7. The molecule has 142 valence electrons. The highest BCUT2D eigenvalue weighted by molar-refractivity contribution is 5.82. The highest BCUT2D eigenvalue weighted by atomic mass is 16.5. The molecule has 0 heterocycles. The molecular formula is C22H25NO4. The average molecular weight is 367 g/mol. The minimum atomic E-state index is -0.709. The Morgan fingerprint density at radius 3 is 1.93 bits per heavy atom. The summed E-state index contributed by atoms with van der Waals surface area (Å²) in [5.74, 6) is 3.70. The molecule has 0 unspecified atom stereocenters. The van der Waals surface area contributed by atoms with E-state index in [0.29, 0.717) is 6.42 Å². The molecule has 0 aliphatic heterocycles. The lowest BCUT2D eigenvalue weighted by Gasteiger charge is -2.38. The molecule has 0 saturated heterocycles. The highest BCUT2D eigenvalue weighted by Crippen LogP contribution is 2.44. The van der Waals surface area contributed by atoms with E-state index >= 15 is 0 Å². The van der Waals surface area contributed by atoms with Crippen molar-refractivity contribution < 1.29 is 19.4 Å². The highest BCUT2D eigenvalue weighted by Gasteiger charge is 2.45. The fraction of sp³-hybridized carbons (Fsp3) is 0.318. The Bertz CT molecular complexity index is 797. The van der Waals surface area contributed by atoms with Crippen LogP contribution in [0.1, 0.15) is 30.4 Å². The maximum absolute atomic E-state index is 11.2. The number of carbonyl (C=O) groups is 1. The van der Waals surface area contributed by atoms with E-state index in [1.807, 2.05) is 48.5 Å². The normalized spacial score (nSPS) is 13.7. The number of methoxy groups -OCH3 is 2. The van der Waals surface area contributed by atoms with Gasteiger partial charge in [-0.3, -0.25) is 4.79 Å². The Kier molecular flexibility index (Phi) is 7.13. The fourth-order valence-corrected chi connectivity index (χ4v) is 2.96. The fourth-order valence-electron chi connectivity index (χ4n) is 2.96. The molecule has 0 radical (unpaired) electrons. The molecule has 0 amide bonds. The first-order chi connectivity index (χ1) is 13.1. The number of benzene rings is 2. The molecule has 3 rings (SSSR count). The van der Waals surface area contributed by atoms with Crippen molar-refractivity contribution in [2.24, 2.45) is 5.73 Å². The van der Waals surface area contributed by atoms with Gasteiger partial charge in [-0.1, -0.05) is 36.6 Å². The van der Waals surface area contributed by atoms with Gasteiger partial charge in [0.2, 0.25) is 0 Å². The van der Waals surface area contributed by atoms with Gasteiger partial charge in [0.15, 0.2) is 0 Å². The summed E-state index contributed by atoms with van der Waals surface area (Å²) in [4.78, 5) is 11.2. The summed E-state index contributed by atoms with van der Waals surface area (Å²) in [6, 6.07) is 17.5. The van der Waals surface area contributed by atoms with Crippen LogP contribution in [0.25, 0.3) is 0 Å². The van der Waals surface area contributed by atoms with Crippen LogP contribution in [0, 0.1) is 12.0 Å². The minimum Gasteiger partial charge on any atom is -0.497 e. The Hall–Kier alpha value is -3.13. The second-order valence-electron chi connectivity index (χ2n) is 6.32. The third kappa shape index (κ3) is 4.95. The van der Waals surface area contributed by atoms with Gasteiger partial charge in [-0.25, -0.2) is 0 Å². The molecule has 2 aromatic carbocycles. The van der Waals surface area contributed by atoms with Crippen LogP contribution < -0.4 is 15.2 Å². The standard InChI is InChI=1S/C12H14O3.C10H11NO/c1-15-10-5-3-9(4-6-10)12(11(13)14)7-2-8-12;1-12-10-6-4-9(5-7-10)3-2-8-11/h3-6H,2,7-8H2,1H3,(H,13,14);4-7H,3,11H2,1H3. The minimum absolute atomic E-state index is 0.633. The predicted octanol–water partition coefficient (Wildman–Crippen LogP) is 3.36. The van der Waals surface area contributed by atoms with Crippen molar-refractivity contribution in [2.75, 3.05) is 14.2 Å². The maximum Gasteiger partial charge on any atom is 0.314 e. The Balaban J connectivity index is 0.000000199. The molecule has 1 aliphatic carbocycles. The molecule has 0 bridgehead atoms. The van der Waals surface area contributed by atoms with Crippen molar-refractivity contribution in [1.82, 2.24) is 0 Å². The molecule has 27 heavy (non-hydrogen) atoms. The zero-order valence-corrected chi connectivity index (χ0v) is 15.7. The number of rotatable bonds is 5. The third-order valence-corrected chi connectivity index (χ3v) is 4.81. The summed E-state index contributed by atoms with van der Waals surface area (Å²) < 4.78 is 10.1. The predicted molar refractivity (Wildman–Crippen MR) is 105 cm³/mol. The third-order valence-electron chi connectivity index (χ3n) is 4.81. The Morgan fingerprint density at radius 1 is 1.04 bits per heavy atom. The van der Waals surface area contributed by atoms with Gasteiger partial charge in [0.05, 0.1) is 19.6 Å². The van der Waals surface area contributed by atoms with E-state index in [1.54, 1.807) is 14.2 Å². The van der Waals surface area contributed by atoms with E-state index in [1.165, 1.54) is 0 Å². The molecule has 5 heteroatoms. The zero-order chi connectivity index (χ0) is 19.7. The topological polar surface area (TPSA) is 81.8 Å². The van der Waals surface area contributed by atoms with E-state index in [2.05, 4.69) is 12.0 Å². The van der Waals surface area contributed by atoms with Crippen LogP contribution in [0.4, 0.5) is 0 Å². The van der Waals surface area contributed by atoms with Gasteiger partial charge in [-0.05, 0) is 48.2 Å². The summed E-state index contributed by atoms with van der Waals surface area (Å²) in [5, 5.41) is 9.23. The van der Waals surface area contributed by atoms with Crippen molar-refractivity contribution >= 4 is 5.97 Å². The second kappa shape index (κ2) is 9.54. The first kappa shape index (κ1) is 20.2. The molecule has 5 nitrogen and oxygen atoms in total. The molecule has 1 aliphatic rings. The summed E-state index contributed by atoms with van der Waals surface area (Å²) >= 11 is 0. The quantitative estimate of drug-likeness (QED) is 0.626. The van der Waals surface area contributed by atoms with Gasteiger partial charge in [0.25, 0.3) is 0 Å². The van der Waals surface area contributed by atoms with E-state index in [9.17, 15) is 9.90 Å². The van der Waals surface area contributed by atoms with Crippen LogP contribution in [0.2, 0.25) is 0 Å². The van der Waals surface area contributed by atoms with Crippen molar-refractivity contribution in [3.05, 3.63) is 59.7 Å². The molecule has 1 saturated carbocycles. The number of ether oxygens (including phenoxy) is 2. The average Bonchev–Trinajstić information content (AvgIpc) is 2.66. The molecule has 0 aromatic heterocycles. The van der Waals surface area contributed by atoms with Crippen LogP contribution in [0.3, 0.4) is 0 Å². The molecule has 0 spiro atoms. The molecular weight excluding hydrogens is 342 g/mol. The lowest BCUT2D eigenvalue weighted by atomic mass is 9.64. The second-order valence-corrected chi connectivity index (χ2v) is 6.32. The van der Waals surface area contributed by atoms with Crippen LogP contribution in [0.15, 0.2) is 48.5 Å². The number of hydrogen-bond donors (Lipinski definition) is 2. The lowest BCUT2D eigenvalue weighted by Crippen LogP contribution is -2.42. The number of nitrogens with two attached hydrogens (primary N) is 1. The van der Waals surface area contributed by atoms with E-state index < -0.39 is 11.4 Å². The van der Waals surface area contributed by atoms with Gasteiger partial charge in [0.1, 0.15) is 11.5 Å². The smallest absolute Gasteiger partial charge is 0.314 e. The van der Waals surface area contributed by atoms with E-state index in [-0.39, 0.29) is 0 Å². The molecule has 0 atom stereocenters. The summed E-state index contributed by atoms with van der Waals surface area (Å²) in [6.07, 6.45) is 3.18. The Labute approximate surface area is 160 Å². The molecule has 3 N–H and O–H groups in total.